The summed E-state index contributed by atoms with van der Waals surface area (Å²) >= 11 is 0. The molecule has 8 heterocycles. The quantitative estimate of drug-likeness (QED) is 0.0233. The van der Waals surface area contributed by atoms with Crippen LogP contribution in [0.25, 0.3) is 0 Å². The molecule has 8 aliphatic heterocycles. The number of hydrogen-bond acceptors (Lipinski definition) is 37. The van der Waals surface area contributed by atoms with E-state index in [4.69, 9.17) is 66.3 Å². The van der Waals surface area contributed by atoms with Gasteiger partial charge in [0, 0.05) is 7.05 Å². The van der Waals surface area contributed by atoms with Crippen molar-refractivity contribution in [1.82, 2.24) is 4.90 Å². The summed E-state index contributed by atoms with van der Waals surface area (Å²) in [6, 6.07) is -1.48. The summed E-state index contributed by atoms with van der Waals surface area (Å²) < 4.78 is 85.1. The third kappa shape index (κ3) is 14.0. The molecule has 112 heavy (non-hydrogen) atoms. The average molecular weight is 1610 g/mol. The van der Waals surface area contributed by atoms with E-state index in [2.05, 4.69) is 26.8 Å². The SMILES string of the molecule is CC1O[C@@H](C2(OC(=O)[C@]34CCC(C)(C)CC3C3=CCC5C6(C)CC[C@H](O[C@@H]7OC(C(=O)O)[C@@H](O)[C@H](O[C@@H]8OC[C@@H](O)[C@H](O)C8O)C7O[C@@H]7OC(CO)[C@H](O)[C@H](O)C7O)[C@](C)(C=O)[C@@H]6CC[C@]5(C)[C@]3(C)CC4O)OC3C(O)[C@@H](N(C)C(=O)CO[C@@H]4O[C@@H](CO)C(O)C4O)C(CO)O[C@H]32)C(O)C(O)[C@H]1O[C@@H]1OC[C@@H](O)C(O)C1O. The Kier molecular flexibility index (Phi) is 24.6. The summed E-state index contributed by atoms with van der Waals surface area (Å²) in [6.07, 6.45) is -54.1. The van der Waals surface area contributed by atoms with Crippen LogP contribution >= 0.6 is 0 Å². The van der Waals surface area contributed by atoms with Gasteiger partial charge in [-0.1, -0.05) is 53.2 Å². The molecule has 0 bridgehead atoms. The first kappa shape index (κ1) is 86.4. The van der Waals surface area contributed by atoms with Crippen molar-refractivity contribution in [2.45, 2.75) is 320 Å². The van der Waals surface area contributed by atoms with Gasteiger partial charge in [-0.05, 0) is 104 Å². The van der Waals surface area contributed by atoms with Gasteiger partial charge in [0.2, 0.25) is 5.91 Å². The van der Waals surface area contributed by atoms with Gasteiger partial charge in [0.25, 0.3) is 5.79 Å². The first-order chi connectivity index (χ1) is 52.6. The summed E-state index contributed by atoms with van der Waals surface area (Å²) in [4.78, 5) is 58.9. The molecule has 5 aliphatic carbocycles. The van der Waals surface area contributed by atoms with E-state index in [1.54, 1.807) is 6.92 Å². The summed E-state index contributed by atoms with van der Waals surface area (Å²) in [5, 5.41) is 221. The molecule has 20 unspecified atom stereocenters. The number of rotatable bonds is 20. The molecule has 13 aliphatic rings. The number of nitrogens with zero attached hydrogens (tertiary/aromatic N) is 1. The fraction of sp³-hybridized carbons (Fsp3) is 0.918. The standard InChI is InChI=1S/C73H113NO38/c1-26-53(107-62-48(91)40(83)29(79)22-99-62)46(89)47(90)58(102-26)73(59-55(111-73)44(87)39(31(19-75)103-59)74(8)38(82)24-101-61-50(93)43(86)33(21-77)104-61)112-66(98)72-16-15-67(2,3)17-28(72)27-9-10-35-68(4)13-12-37(69(5,25-78)34(68)11-14-70(35,6)71(27,7)18-36(72)81)106-65-57(110-64-51(94)45(88)42(85)32(20-76)105-64)54(52(95)56(109-65)60(96)97)108-63-49(92)41(84)30(80)23-100-63/h9,25-26,28-37,39-59,61-65,75-77,79-81,83-95H,10-24H2,1-8H3,(H,96,97)/t26?,28?,29-,30-,31?,32?,33+,34-,35?,36?,37+,39+,40?,41+,42+,43?,44?,45+,46?,47?,48?,49?,50?,51?,52+,53+,54+,55?,56?,57?,58-,59-,61-,62+,63+,64+,65-,68?,69-,70+,71-,72-,73?/m1/s1. The number of aliphatic carboxylic acids is 1. The molecule has 12 fully saturated rings. The molecule has 4 saturated carbocycles. The Morgan fingerprint density at radius 2 is 1.14 bits per heavy atom. The van der Waals surface area contributed by atoms with Crippen molar-refractivity contribution in [3.63, 3.8) is 0 Å². The van der Waals surface area contributed by atoms with E-state index < -0.39 is 316 Å². The highest BCUT2D eigenvalue weighted by Crippen LogP contribution is 2.76. The zero-order chi connectivity index (χ0) is 81.7. The number of carboxylic acid groups (broad SMARTS) is 1. The fourth-order valence-corrected chi connectivity index (χ4v) is 21.7. The Morgan fingerprint density at radius 3 is 1.75 bits per heavy atom. The van der Waals surface area contributed by atoms with Crippen LogP contribution in [0.4, 0.5) is 0 Å². The van der Waals surface area contributed by atoms with Crippen molar-refractivity contribution < 1.29 is 188 Å². The van der Waals surface area contributed by atoms with Crippen molar-refractivity contribution in [3.8, 4) is 0 Å². The molecule has 13 rings (SSSR count). The number of ether oxygens (including phenoxy) is 14. The van der Waals surface area contributed by atoms with Gasteiger partial charge in [0.05, 0.1) is 62.8 Å². The third-order valence-corrected chi connectivity index (χ3v) is 28.4. The Bertz CT molecular complexity index is 3400. The smallest absolute Gasteiger partial charge is 0.335 e. The molecule has 0 aromatic heterocycles. The summed E-state index contributed by atoms with van der Waals surface area (Å²) in [5.74, 6) is -8.09. The molecule has 39 nitrogen and oxygen atoms in total. The number of amides is 1. The minimum absolute atomic E-state index is 0.00135. The monoisotopic (exact) mass is 1610 g/mol. The van der Waals surface area contributed by atoms with Crippen LogP contribution in [-0.2, 0) is 85.5 Å². The number of hydrogen-bond donors (Lipinski definition) is 20. The van der Waals surface area contributed by atoms with Crippen molar-refractivity contribution in [2.75, 3.05) is 46.7 Å². The molecule has 0 aromatic rings. The van der Waals surface area contributed by atoms with Crippen molar-refractivity contribution >= 4 is 24.1 Å². The predicted octanol–water partition coefficient (Wildman–Crippen LogP) is -8.12. The van der Waals surface area contributed by atoms with E-state index in [0.717, 1.165) is 16.8 Å². The molecular formula is C73H113NO38. The number of allylic oxidation sites excluding steroid dienone is 2. The Hall–Kier alpha value is -3.46. The van der Waals surface area contributed by atoms with Crippen molar-refractivity contribution in [1.29, 1.82) is 0 Å². The topological polar surface area (TPSA) is 605 Å². The zero-order valence-corrected chi connectivity index (χ0v) is 63.4. The number of aliphatic hydroxyl groups excluding tert-OH is 19. The Morgan fingerprint density at radius 1 is 0.562 bits per heavy atom. The minimum atomic E-state index is -2.71. The second kappa shape index (κ2) is 31.9. The zero-order valence-electron chi connectivity index (χ0n) is 63.4. The molecule has 0 spiro atoms. The number of carbonyl (C=O) groups is 4. The van der Waals surface area contributed by atoms with Gasteiger partial charge in [-0.3, -0.25) is 9.59 Å². The lowest BCUT2D eigenvalue weighted by Gasteiger charge is -2.71. The van der Waals surface area contributed by atoms with E-state index in [0.29, 0.717) is 38.5 Å². The lowest BCUT2D eigenvalue weighted by atomic mass is 9.33. The maximum Gasteiger partial charge on any atom is 0.335 e. The fourth-order valence-electron chi connectivity index (χ4n) is 21.7. The van der Waals surface area contributed by atoms with Crippen LogP contribution in [0.5, 0.6) is 0 Å². The van der Waals surface area contributed by atoms with Crippen molar-refractivity contribution in [3.05, 3.63) is 11.6 Å². The molecule has 43 atom stereocenters. The van der Waals surface area contributed by atoms with E-state index in [9.17, 15) is 117 Å². The molecule has 0 aromatic carbocycles. The Labute approximate surface area is 643 Å². The van der Waals surface area contributed by atoms with Gasteiger partial charge in [-0.2, -0.15) is 0 Å². The van der Waals surface area contributed by atoms with Crippen molar-refractivity contribution in [2.24, 2.45) is 50.2 Å². The van der Waals surface area contributed by atoms with Gasteiger partial charge < -0.3 is 178 Å². The molecule has 1 amide bonds. The first-order valence-electron chi connectivity index (χ1n) is 38.6. The minimum Gasteiger partial charge on any atom is -0.479 e. The van der Waals surface area contributed by atoms with Gasteiger partial charge in [-0.15, -0.1) is 0 Å². The number of carbonyl (C=O) groups excluding carboxylic acids is 3. The van der Waals surface area contributed by atoms with Crippen LogP contribution in [0.1, 0.15) is 106 Å². The lowest BCUT2D eigenvalue weighted by Crippen LogP contribution is -2.84. The van der Waals surface area contributed by atoms with E-state index in [1.165, 1.54) is 14.0 Å². The number of aliphatic hydroxyl groups is 19. The maximum absolute atomic E-state index is 16.5. The largest absolute Gasteiger partial charge is 0.479 e. The summed E-state index contributed by atoms with van der Waals surface area (Å²) in [6.45, 7) is 8.90. The van der Waals surface area contributed by atoms with E-state index >= 15 is 4.79 Å². The lowest BCUT2D eigenvalue weighted by molar-refractivity contribution is -0.474. The highest BCUT2D eigenvalue weighted by atomic mass is 16.8. The molecule has 0 radical (unpaired) electrons. The first-order valence-corrected chi connectivity index (χ1v) is 38.6. The molecule has 20 N–H and O–H groups in total. The second-order valence-electron chi connectivity index (χ2n) is 35.1. The predicted molar refractivity (Wildman–Crippen MR) is 364 cm³/mol. The van der Waals surface area contributed by atoms with E-state index in [-0.39, 0.29) is 25.2 Å². The van der Waals surface area contributed by atoms with Crippen LogP contribution in [0.2, 0.25) is 0 Å². The van der Waals surface area contributed by atoms with Crippen LogP contribution in [-0.4, -0.2) is 392 Å². The average Bonchev–Trinajstić information content (AvgIpc) is 0.723. The van der Waals surface area contributed by atoms with Gasteiger partial charge in [0.1, 0.15) is 153 Å². The van der Waals surface area contributed by atoms with Crippen LogP contribution in [0, 0.1) is 50.2 Å². The summed E-state index contributed by atoms with van der Waals surface area (Å²) in [7, 11) is 1.24. The number of fused-ring (bicyclic) bond motifs is 8. The van der Waals surface area contributed by atoms with Crippen LogP contribution < -0.4 is 0 Å². The van der Waals surface area contributed by atoms with E-state index in [1.807, 2.05) is 13.8 Å². The van der Waals surface area contributed by atoms with Crippen LogP contribution in [0.3, 0.4) is 0 Å². The number of esters is 1. The second-order valence-corrected chi connectivity index (χ2v) is 35.1. The van der Waals surface area contributed by atoms with Gasteiger partial charge in [-0.25, -0.2) is 4.79 Å². The van der Waals surface area contributed by atoms with Gasteiger partial charge in [0.15, 0.2) is 49.8 Å². The molecule has 39 heteroatoms. The maximum atomic E-state index is 16.5. The number of likely N-dealkylation sites (N-methyl/N-ethyl adjacent to an activating group) is 1. The normalized spacial score (nSPS) is 53.9. The van der Waals surface area contributed by atoms with Gasteiger partial charge >= 0.3 is 11.9 Å². The number of carboxylic acids is 1. The highest BCUT2D eigenvalue weighted by Gasteiger charge is 2.78. The highest BCUT2D eigenvalue weighted by molar-refractivity contribution is 5.81. The summed E-state index contributed by atoms with van der Waals surface area (Å²) in [5.41, 5.74) is -5.52. The number of aldehydes is 1. The molecule has 638 valence electrons. The van der Waals surface area contributed by atoms with Crippen LogP contribution in [0.15, 0.2) is 11.6 Å². The molecular weight excluding hydrogens is 1500 g/mol. The Balaban J connectivity index is 0.800. The third-order valence-electron chi connectivity index (χ3n) is 28.4. The molecule has 8 saturated heterocycles.